The van der Waals surface area contributed by atoms with Crippen molar-refractivity contribution in [3.05, 3.63) is 0 Å². The normalized spacial score (nSPS) is 35.1. The number of carbonyl (C=O) groups is 1. The van der Waals surface area contributed by atoms with Gasteiger partial charge in [0.2, 0.25) is 0 Å². The summed E-state index contributed by atoms with van der Waals surface area (Å²) in [6.45, 7) is 6.42. The lowest BCUT2D eigenvalue weighted by Crippen LogP contribution is -2.35. The monoisotopic (exact) mass is 267 g/mol. The number of hydrazone groups is 1. The van der Waals surface area contributed by atoms with Crippen LogP contribution in [0.15, 0.2) is 5.10 Å². The smallest absolute Gasteiger partial charge is 0.189 e. The lowest BCUT2D eigenvalue weighted by atomic mass is 9.70. The minimum Gasteiger partial charge on any atom is -0.354 e. The number of thiocarbonyl (C=S) groups is 1. The van der Waals surface area contributed by atoms with Crippen molar-refractivity contribution in [2.45, 2.75) is 33.6 Å². The average Bonchev–Trinajstić information content (AvgIpc) is 2.58. The number of fused-ring (bicyclic) bond motifs is 2. The van der Waals surface area contributed by atoms with Gasteiger partial charge >= 0.3 is 0 Å². The zero-order chi connectivity index (χ0) is 13.7. The Kier molecular flexibility index (Phi) is 3.00. The maximum Gasteiger partial charge on any atom is 0.189 e. The molecule has 2 rings (SSSR count). The summed E-state index contributed by atoms with van der Waals surface area (Å²) in [7, 11) is 3.70. The molecular weight excluding hydrogens is 246 g/mol. The van der Waals surface area contributed by atoms with Crippen LogP contribution in [0.4, 0.5) is 0 Å². The summed E-state index contributed by atoms with van der Waals surface area (Å²) in [5, 5.41) is 4.81. The van der Waals surface area contributed by atoms with Crippen LogP contribution in [0.2, 0.25) is 0 Å². The summed E-state index contributed by atoms with van der Waals surface area (Å²) in [4.78, 5) is 14.2. The molecule has 0 radical (unpaired) electrons. The van der Waals surface area contributed by atoms with Crippen LogP contribution in [-0.2, 0) is 4.79 Å². The third-order valence-corrected chi connectivity index (χ3v) is 5.42. The first-order valence-corrected chi connectivity index (χ1v) is 6.72. The van der Waals surface area contributed by atoms with E-state index in [9.17, 15) is 4.79 Å². The molecule has 4 nitrogen and oxygen atoms in total. The summed E-state index contributed by atoms with van der Waals surface area (Å²) < 4.78 is 0. The quantitative estimate of drug-likeness (QED) is 0.581. The Bertz CT molecular complexity index is 442. The van der Waals surface area contributed by atoms with Crippen LogP contribution >= 0.6 is 12.2 Å². The molecule has 2 atom stereocenters. The molecule has 2 saturated carbocycles. The van der Waals surface area contributed by atoms with E-state index in [0.29, 0.717) is 10.8 Å². The van der Waals surface area contributed by atoms with E-state index in [2.05, 4.69) is 31.3 Å². The topological polar surface area (TPSA) is 44.7 Å². The highest BCUT2D eigenvalue weighted by molar-refractivity contribution is 7.80. The van der Waals surface area contributed by atoms with Crippen LogP contribution in [0.3, 0.4) is 0 Å². The highest BCUT2D eigenvalue weighted by Gasteiger charge is 2.65. The highest BCUT2D eigenvalue weighted by Crippen LogP contribution is 2.62. The van der Waals surface area contributed by atoms with E-state index in [1.54, 1.807) is 4.90 Å². The van der Waals surface area contributed by atoms with Gasteiger partial charge in [-0.3, -0.25) is 10.2 Å². The second kappa shape index (κ2) is 4.02. The third kappa shape index (κ3) is 1.60. The van der Waals surface area contributed by atoms with Crippen molar-refractivity contribution in [2.24, 2.45) is 21.8 Å². The van der Waals surface area contributed by atoms with E-state index >= 15 is 0 Å². The molecule has 0 aromatic carbocycles. The fourth-order valence-electron chi connectivity index (χ4n) is 3.16. The number of nitrogens with one attached hydrogen (secondary N) is 1. The molecule has 0 aliphatic heterocycles. The SMILES string of the molecule is CN(C)C(=S)N/N=C1\C(=O)[C@]2(C)CC[C@@H]1C2(C)C. The molecule has 1 N–H and O–H groups in total. The van der Waals surface area contributed by atoms with Gasteiger partial charge in [0, 0.05) is 25.4 Å². The van der Waals surface area contributed by atoms with E-state index in [4.69, 9.17) is 12.2 Å². The number of carbonyl (C=O) groups excluding carboxylic acids is 1. The van der Waals surface area contributed by atoms with E-state index in [-0.39, 0.29) is 22.5 Å². The van der Waals surface area contributed by atoms with E-state index < -0.39 is 0 Å². The predicted octanol–water partition coefficient (Wildman–Crippen LogP) is 1.80. The number of hydrogen-bond donors (Lipinski definition) is 1. The lowest BCUT2D eigenvalue weighted by molar-refractivity contribution is -0.123. The van der Waals surface area contributed by atoms with Gasteiger partial charge in [-0.15, -0.1) is 0 Å². The van der Waals surface area contributed by atoms with Crippen LogP contribution in [0.1, 0.15) is 33.6 Å². The Morgan fingerprint density at radius 1 is 1.44 bits per heavy atom. The van der Waals surface area contributed by atoms with Crippen molar-refractivity contribution in [2.75, 3.05) is 14.1 Å². The fourth-order valence-corrected chi connectivity index (χ4v) is 3.21. The minimum atomic E-state index is -0.252. The van der Waals surface area contributed by atoms with Gasteiger partial charge in [0.25, 0.3) is 0 Å². The predicted molar refractivity (Wildman–Crippen MR) is 76.5 cm³/mol. The Labute approximate surface area is 114 Å². The van der Waals surface area contributed by atoms with Crippen LogP contribution in [0.5, 0.6) is 0 Å². The van der Waals surface area contributed by atoms with Gasteiger partial charge < -0.3 is 4.90 Å². The largest absolute Gasteiger partial charge is 0.354 e. The zero-order valence-electron chi connectivity index (χ0n) is 11.7. The second-order valence-corrected chi connectivity index (χ2v) is 6.67. The van der Waals surface area contributed by atoms with Gasteiger partial charge in [0.1, 0.15) is 5.71 Å². The first-order chi connectivity index (χ1) is 8.22. The van der Waals surface area contributed by atoms with E-state index in [1.807, 2.05) is 14.1 Å². The van der Waals surface area contributed by atoms with Gasteiger partial charge in [-0.1, -0.05) is 20.8 Å². The van der Waals surface area contributed by atoms with Gasteiger partial charge in [-0.25, -0.2) is 0 Å². The second-order valence-electron chi connectivity index (χ2n) is 6.28. The van der Waals surface area contributed by atoms with Crippen molar-refractivity contribution in [3.8, 4) is 0 Å². The molecule has 0 spiro atoms. The molecule has 100 valence electrons. The molecule has 0 heterocycles. The van der Waals surface area contributed by atoms with Crippen molar-refractivity contribution in [1.29, 1.82) is 0 Å². The standard InChI is InChI=1S/C13H21N3OS/c1-12(2)8-6-7-13(12,3)10(17)9(8)14-15-11(18)16(4)5/h8H,6-7H2,1-5H3,(H,15,18)/b14-9-/t8-,13-/m0/s1. The Morgan fingerprint density at radius 2 is 2.06 bits per heavy atom. The zero-order valence-corrected chi connectivity index (χ0v) is 12.5. The first kappa shape index (κ1) is 13.5. The van der Waals surface area contributed by atoms with Crippen LogP contribution in [-0.4, -0.2) is 35.6 Å². The lowest BCUT2D eigenvalue weighted by Gasteiger charge is -2.31. The molecule has 0 amide bonds. The third-order valence-electron chi connectivity index (χ3n) is 4.97. The number of Topliss-reactive ketones (excluding diaryl/α,β-unsaturated/α-hetero) is 1. The fraction of sp³-hybridized carbons (Fsp3) is 0.769. The summed E-state index contributed by atoms with van der Waals surface area (Å²) in [6.07, 6.45) is 2.02. The number of hydrogen-bond acceptors (Lipinski definition) is 3. The Balaban J connectivity index is 2.25. The number of rotatable bonds is 1. The molecule has 5 heteroatoms. The van der Waals surface area contributed by atoms with E-state index in [0.717, 1.165) is 12.8 Å². The molecular formula is C13H21N3OS. The summed E-state index contributed by atoms with van der Waals surface area (Å²) in [6, 6.07) is 0. The maximum atomic E-state index is 12.5. The molecule has 18 heavy (non-hydrogen) atoms. The highest BCUT2D eigenvalue weighted by atomic mass is 32.1. The van der Waals surface area contributed by atoms with Crippen molar-refractivity contribution in [1.82, 2.24) is 10.3 Å². The molecule has 0 aromatic heterocycles. The molecule has 0 unspecified atom stereocenters. The summed E-state index contributed by atoms with van der Waals surface area (Å²) in [5.74, 6) is 0.449. The van der Waals surface area contributed by atoms with Crippen molar-refractivity contribution in [3.63, 3.8) is 0 Å². The van der Waals surface area contributed by atoms with Crippen LogP contribution in [0, 0.1) is 16.7 Å². The van der Waals surface area contributed by atoms with E-state index in [1.165, 1.54) is 0 Å². The van der Waals surface area contributed by atoms with Crippen LogP contribution < -0.4 is 5.43 Å². The molecule has 2 bridgehead atoms. The average molecular weight is 267 g/mol. The van der Waals surface area contributed by atoms with Crippen LogP contribution in [0.25, 0.3) is 0 Å². The van der Waals surface area contributed by atoms with Gasteiger partial charge in [0.15, 0.2) is 10.9 Å². The van der Waals surface area contributed by atoms with Crippen molar-refractivity contribution < 1.29 is 4.79 Å². The summed E-state index contributed by atoms with van der Waals surface area (Å²) in [5.41, 5.74) is 3.25. The molecule has 2 aliphatic rings. The first-order valence-electron chi connectivity index (χ1n) is 6.31. The van der Waals surface area contributed by atoms with Gasteiger partial charge in [0.05, 0.1) is 0 Å². The van der Waals surface area contributed by atoms with Gasteiger partial charge in [-0.05, 0) is 30.5 Å². The number of ketones is 1. The maximum absolute atomic E-state index is 12.5. The summed E-state index contributed by atoms with van der Waals surface area (Å²) >= 11 is 5.12. The Hall–Kier alpha value is -0.970. The number of nitrogens with zero attached hydrogens (tertiary/aromatic N) is 2. The van der Waals surface area contributed by atoms with Gasteiger partial charge in [-0.2, -0.15) is 5.10 Å². The minimum absolute atomic E-state index is 0.00430. The van der Waals surface area contributed by atoms with Crippen molar-refractivity contribution >= 4 is 28.8 Å². The molecule has 2 aliphatic carbocycles. The Morgan fingerprint density at radius 3 is 2.50 bits per heavy atom. The molecule has 0 aromatic rings. The molecule has 0 saturated heterocycles. The molecule has 2 fully saturated rings.